The number of aromatic nitrogens is 3. The normalized spacial score (nSPS) is 12.6. The Hall–Kier alpha value is -2.62. The summed E-state index contributed by atoms with van der Waals surface area (Å²) in [5.41, 5.74) is 7.39. The summed E-state index contributed by atoms with van der Waals surface area (Å²) in [6.45, 7) is 2.91. The average Bonchev–Trinajstić information content (AvgIpc) is 2.96. The van der Waals surface area contributed by atoms with Crippen LogP contribution in [-0.4, -0.2) is 44.0 Å². The first kappa shape index (κ1) is 20.1. The zero-order chi connectivity index (χ0) is 20.4. The van der Waals surface area contributed by atoms with Crippen molar-refractivity contribution in [2.75, 3.05) is 13.6 Å². The van der Waals surface area contributed by atoms with Gasteiger partial charge in [-0.2, -0.15) is 0 Å². The SMILES string of the molecule is Cc1c(CN(C)C[C@@H](O)c2ncccn2)sc2c(=O)c(CC(N)=O)cn(C)c12. The number of hydrogen-bond acceptors (Lipinski definition) is 7. The van der Waals surface area contributed by atoms with E-state index in [1.54, 1.807) is 24.7 Å². The molecule has 1 atom stereocenters. The number of aliphatic hydroxyl groups is 1. The first-order valence-corrected chi connectivity index (χ1v) is 9.62. The standard InChI is InChI=1S/C19H23N5O3S/c1-11-14(10-23(2)9-13(25)19-21-5-4-6-22-19)28-18-16(11)24(3)8-12(17(18)27)7-15(20)26/h4-6,8,13,25H,7,9-10H2,1-3H3,(H2,20,26)/t13-/m1/s1. The predicted molar refractivity (Wildman–Crippen MR) is 108 cm³/mol. The number of aryl methyl sites for hydroxylation is 2. The predicted octanol–water partition coefficient (Wildman–Crippen LogP) is 0.892. The fourth-order valence-corrected chi connectivity index (χ4v) is 4.66. The molecule has 0 aromatic carbocycles. The first-order valence-electron chi connectivity index (χ1n) is 8.80. The molecule has 3 aromatic heterocycles. The molecule has 8 nitrogen and oxygen atoms in total. The van der Waals surface area contributed by atoms with E-state index < -0.39 is 12.0 Å². The van der Waals surface area contributed by atoms with E-state index in [-0.39, 0.29) is 11.8 Å². The number of fused-ring (bicyclic) bond motifs is 1. The van der Waals surface area contributed by atoms with E-state index in [2.05, 4.69) is 9.97 Å². The van der Waals surface area contributed by atoms with E-state index >= 15 is 0 Å². The quantitative estimate of drug-likeness (QED) is 0.608. The van der Waals surface area contributed by atoms with Crippen LogP contribution in [0.4, 0.5) is 0 Å². The maximum atomic E-state index is 12.7. The van der Waals surface area contributed by atoms with Crippen LogP contribution in [0.5, 0.6) is 0 Å². The molecule has 0 spiro atoms. The molecule has 0 unspecified atom stereocenters. The van der Waals surface area contributed by atoms with E-state index in [0.717, 1.165) is 16.0 Å². The molecule has 3 heterocycles. The van der Waals surface area contributed by atoms with Crippen molar-refractivity contribution in [3.05, 3.63) is 56.7 Å². The maximum Gasteiger partial charge on any atom is 0.222 e. The highest BCUT2D eigenvalue weighted by Crippen LogP contribution is 2.30. The Kier molecular flexibility index (Phi) is 5.87. The summed E-state index contributed by atoms with van der Waals surface area (Å²) >= 11 is 1.42. The van der Waals surface area contributed by atoms with Crippen LogP contribution in [0.15, 0.2) is 29.5 Å². The third-order valence-corrected chi connectivity index (χ3v) is 5.83. The van der Waals surface area contributed by atoms with Crippen LogP contribution in [0.3, 0.4) is 0 Å². The topological polar surface area (TPSA) is 114 Å². The minimum atomic E-state index is -0.797. The Balaban J connectivity index is 1.86. The van der Waals surface area contributed by atoms with Crippen molar-refractivity contribution >= 4 is 27.5 Å². The maximum absolute atomic E-state index is 12.7. The summed E-state index contributed by atoms with van der Waals surface area (Å²) in [5.74, 6) is -0.145. The minimum absolute atomic E-state index is 0.0714. The lowest BCUT2D eigenvalue weighted by molar-refractivity contribution is -0.117. The second-order valence-corrected chi connectivity index (χ2v) is 7.99. The molecule has 148 valence electrons. The van der Waals surface area contributed by atoms with Crippen molar-refractivity contribution in [3.8, 4) is 0 Å². The van der Waals surface area contributed by atoms with Gasteiger partial charge in [0.15, 0.2) is 5.82 Å². The van der Waals surface area contributed by atoms with Crippen LogP contribution in [0.2, 0.25) is 0 Å². The number of carbonyl (C=O) groups excluding carboxylic acids is 1. The molecule has 0 saturated heterocycles. The lowest BCUT2D eigenvalue weighted by Gasteiger charge is -2.19. The zero-order valence-electron chi connectivity index (χ0n) is 16.0. The summed E-state index contributed by atoms with van der Waals surface area (Å²) in [5, 5.41) is 10.3. The Labute approximate surface area is 166 Å². The number of aliphatic hydroxyl groups excluding tert-OH is 1. The third kappa shape index (κ3) is 4.11. The number of hydrogen-bond donors (Lipinski definition) is 2. The molecule has 0 bridgehead atoms. The molecule has 3 rings (SSSR count). The van der Waals surface area contributed by atoms with Gasteiger partial charge in [0, 0.05) is 49.2 Å². The van der Waals surface area contributed by atoms with Crippen molar-refractivity contribution in [1.82, 2.24) is 19.4 Å². The van der Waals surface area contributed by atoms with E-state index in [9.17, 15) is 14.7 Å². The molecule has 9 heteroatoms. The van der Waals surface area contributed by atoms with Gasteiger partial charge in [0.2, 0.25) is 11.3 Å². The molecular weight excluding hydrogens is 378 g/mol. The highest BCUT2D eigenvalue weighted by Gasteiger charge is 2.19. The third-order valence-electron chi connectivity index (χ3n) is 4.56. The van der Waals surface area contributed by atoms with Gasteiger partial charge in [0.25, 0.3) is 0 Å². The Bertz CT molecular complexity index is 1060. The fourth-order valence-electron chi connectivity index (χ4n) is 3.27. The number of nitrogens with zero attached hydrogens (tertiary/aromatic N) is 4. The van der Waals surface area contributed by atoms with Crippen molar-refractivity contribution in [2.45, 2.75) is 26.0 Å². The van der Waals surface area contributed by atoms with Gasteiger partial charge in [-0.15, -0.1) is 11.3 Å². The largest absolute Gasteiger partial charge is 0.384 e. The van der Waals surface area contributed by atoms with Crippen LogP contribution in [0, 0.1) is 6.92 Å². The van der Waals surface area contributed by atoms with Crippen molar-refractivity contribution in [3.63, 3.8) is 0 Å². The number of likely N-dealkylation sites (N-methyl/N-ethyl adjacent to an activating group) is 1. The minimum Gasteiger partial charge on any atom is -0.384 e. The lowest BCUT2D eigenvalue weighted by Crippen LogP contribution is -2.25. The van der Waals surface area contributed by atoms with Crippen LogP contribution in [-0.2, 0) is 24.8 Å². The van der Waals surface area contributed by atoms with Gasteiger partial charge in [-0.05, 0) is 25.6 Å². The molecular formula is C19H23N5O3S. The van der Waals surface area contributed by atoms with E-state index in [0.29, 0.717) is 29.2 Å². The molecule has 0 aliphatic rings. The summed E-state index contributed by atoms with van der Waals surface area (Å²) < 4.78 is 2.49. The first-order chi connectivity index (χ1) is 13.3. The Morgan fingerprint density at radius 2 is 2.07 bits per heavy atom. The van der Waals surface area contributed by atoms with Crippen molar-refractivity contribution < 1.29 is 9.90 Å². The highest BCUT2D eigenvalue weighted by molar-refractivity contribution is 7.19. The van der Waals surface area contributed by atoms with E-state index in [1.165, 1.54) is 11.3 Å². The molecule has 3 aromatic rings. The second-order valence-electron chi connectivity index (χ2n) is 6.88. The number of pyridine rings is 1. The summed E-state index contributed by atoms with van der Waals surface area (Å²) in [7, 11) is 3.75. The van der Waals surface area contributed by atoms with Gasteiger partial charge in [0.1, 0.15) is 6.10 Å². The molecule has 0 aliphatic heterocycles. The molecule has 0 radical (unpaired) electrons. The molecule has 3 N–H and O–H groups in total. The van der Waals surface area contributed by atoms with Crippen LogP contribution < -0.4 is 11.2 Å². The lowest BCUT2D eigenvalue weighted by atomic mass is 10.1. The van der Waals surface area contributed by atoms with Crippen molar-refractivity contribution in [2.24, 2.45) is 12.8 Å². The summed E-state index contributed by atoms with van der Waals surface area (Å²) in [4.78, 5) is 35.1. The van der Waals surface area contributed by atoms with Gasteiger partial charge in [0.05, 0.1) is 16.6 Å². The van der Waals surface area contributed by atoms with Crippen molar-refractivity contribution in [1.29, 1.82) is 0 Å². The van der Waals surface area contributed by atoms with Gasteiger partial charge >= 0.3 is 0 Å². The summed E-state index contributed by atoms with van der Waals surface area (Å²) in [6, 6.07) is 1.70. The second kappa shape index (κ2) is 8.17. The van der Waals surface area contributed by atoms with Crippen LogP contribution in [0.1, 0.15) is 27.9 Å². The number of amides is 1. The smallest absolute Gasteiger partial charge is 0.222 e. The van der Waals surface area contributed by atoms with Gasteiger partial charge in [-0.25, -0.2) is 9.97 Å². The fraction of sp³-hybridized carbons (Fsp3) is 0.368. The molecule has 0 fully saturated rings. The summed E-state index contributed by atoms with van der Waals surface area (Å²) in [6.07, 6.45) is 4.01. The highest BCUT2D eigenvalue weighted by atomic mass is 32.1. The number of primary amides is 1. The zero-order valence-corrected chi connectivity index (χ0v) is 16.9. The number of carbonyl (C=O) groups is 1. The molecule has 0 saturated carbocycles. The van der Waals surface area contributed by atoms with Gasteiger partial charge < -0.3 is 15.4 Å². The van der Waals surface area contributed by atoms with Gasteiger partial charge in [-0.1, -0.05) is 0 Å². The molecule has 1 amide bonds. The number of thiophene rings is 1. The number of nitrogens with two attached hydrogens (primary N) is 1. The van der Waals surface area contributed by atoms with Gasteiger partial charge in [-0.3, -0.25) is 14.5 Å². The van der Waals surface area contributed by atoms with Crippen LogP contribution in [0.25, 0.3) is 10.2 Å². The van der Waals surface area contributed by atoms with E-state index in [4.69, 9.17) is 5.73 Å². The van der Waals surface area contributed by atoms with E-state index in [1.807, 2.05) is 30.5 Å². The Morgan fingerprint density at radius 3 is 2.71 bits per heavy atom. The monoisotopic (exact) mass is 401 g/mol. The Morgan fingerprint density at radius 1 is 1.39 bits per heavy atom. The van der Waals surface area contributed by atoms with Crippen LogP contribution >= 0.6 is 11.3 Å². The molecule has 0 aliphatic carbocycles. The molecule has 28 heavy (non-hydrogen) atoms. The number of rotatable bonds is 7. The average molecular weight is 401 g/mol.